The average molecular weight is 261 g/mol. The zero-order valence-electron chi connectivity index (χ0n) is 11.6. The largest absolute Gasteiger partial charge is 0.342 e. The Kier molecular flexibility index (Phi) is 3.71. The first-order chi connectivity index (χ1) is 8.91. The molecule has 2 aromatic rings. The molecule has 19 heavy (non-hydrogen) atoms. The lowest BCUT2D eigenvalue weighted by atomic mass is 9.89. The summed E-state index contributed by atoms with van der Waals surface area (Å²) in [5, 5.41) is 0. The summed E-state index contributed by atoms with van der Waals surface area (Å²) < 4.78 is 13.2. The normalized spacial score (nSPS) is 11.8. The fraction of sp³-hybridized carbons (Fsp3) is 0.400. The van der Waals surface area contributed by atoms with Crippen molar-refractivity contribution < 1.29 is 4.39 Å². The number of hydrogen-bond donors (Lipinski definition) is 2. The van der Waals surface area contributed by atoms with Gasteiger partial charge in [0.2, 0.25) is 0 Å². The molecule has 3 nitrogen and oxygen atoms in total. The van der Waals surface area contributed by atoms with Crippen LogP contribution in [-0.4, -0.2) is 16.5 Å². The zero-order chi connectivity index (χ0) is 14.0. The highest BCUT2D eigenvalue weighted by Crippen LogP contribution is 2.23. The van der Waals surface area contributed by atoms with E-state index < -0.39 is 0 Å². The van der Waals surface area contributed by atoms with Gasteiger partial charge in [-0.3, -0.25) is 0 Å². The minimum atomic E-state index is -0.187. The molecule has 102 valence electrons. The molecule has 1 aromatic heterocycles. The molecule has 0 spiro atoms. The molecule has 0 aliphatic carbocycles. The van der Waals surface area contributed by atoms with Crippen LogP contribution < -0.4 is 5.73 Å². The van der Waals surface area contributed by atoms with E-state index in [1.807, 2.05) is 6.07 Å². The second kappa shape index (κ2) is 5.13. The number of rotatable bonds is 4. The van der Waals surface area contributed by atoms with E-state index in [1.165, 1.54) is 6.07 Å². The predicted molar refractivity (Wildman–Crippen MR) is 75.3 cm³/mol. The Labute approximate surface area is 113 Å². The number of aromatic amines is 1. The van der Waals surface area contributed by atoms with E-state index >= 15 is 0 Å². The van der Waals surface area contributed by atoms with Crippen LogP contribution in [0.25, 0.3) is 11.3 Å². The highest BCUT2D eigenvalue weighted by molar-refractivity contribution is 5.59. The lowest BCUT2D eigenvalue weighted by Gasteiger charge is -2.20. The summed E-state index contributed by atoms with van der Waals surface area (Å²) in [6.45, 7) is 6.58. The van der Waals surface area contributed by atoms with Gasteiger partial charge in [-0.05, 0) is 42.6 Å². The van der Waals surface area contributed by atoms with Gasteiger partial charge in [0.15, 0.2) is 0 Å². The van der Waals surface area contributed by atoms with Crippen LogP contribution in [0, 0.1) is 18.2 Å². The van der Waals surface area contributed by atoms with E-state index in [-0.39, 0.29) is 11.2 Å². The number of halogens is 1. The highest BCUT2D eigenvalue weighted by atomic mass is 19.1. The first kappa shape index (κ1) is 13.7. The maximum absolute atomic E-state index is 13.2. The lowest BCUT2D eigenvalue weighted by Crippen LogP contribution is -2.26. The molecule has 1 heterocycles. The van der Waals surface area contributed by atoms with Crippen molar-refractivity contribution in [1.82, 2.24) is 9.97 Å². The molecular formula is C15H20FN3. The number of aromatic nitrogens is 2. The number of hydrogen-bond acceptors (Lipinski definition) is 2. The maximum atomic E-state index is 13.2. The van der Waals surface area contributed by atoms with Crippen molar-refractivity contribution in [2.75, 3.05) is 6.54 Å². The fourth-order valence-corrected chi connectivity index (χ4v) is 1.94. The highest BCUT2D eigenvalue weighted by Gasteiger charge is 2.18. The monoisotopic (exact) mass is 261 g/mol. The molecule has 0 amide bonds. The Morgan fingerprint density at radius 1 is 1.37 bits per heavy atom. The summed E-state index contributed by atoms with van der Waals surface area (Å²) >= 11 is 0. The van der Waals surface area contributed by atoms with Crippen molar-refractivity contribution in [3.63, 3.8) is 0 Å². The molecule has 0 unspecified atom stereocenters. The van der Waals surface area contributed by atoms with E-state index in [4.69, 9.17) is 5.73 Å². The number of nitrogens with two attached hydrogens (primary N) is 1. The first-order valence-electron chi connectivity index (χ1n) is 6.42. The fourth-order valence-electron chi connectivity index (χ4n) is 1.94. The summed E-state index contributed by atoms with van der Waals surface area (Å²) in [4.78, 5) is 7.65. The van der Waals surface area contributed by atoms with Crippen molar-refractivity contribution in [1.29, 1.82) is 0 Å². The van der Waals surface area contributed by atoms with Crippen molar-refractivity contribution in [3.05, 3.63) is 41.6 Å². The van der Waals surface area contributed by atoms with Gasteiger partial charge in [0.1, 0.15) is 11.6 Å². The number of H-pyrrole nitrogens is 1. The number of nitrogens with one attached hydrogen (secondary N) is 1. The lowest BCUT2D eigenvalue weighted by molar-refractivity contribution is 0.369. The summed E-state index contributed by atoms with van der Waals surface area (Å²) in [5.41, 5.74) is 8.24. The molecule has 0 bridgehead atoms. The van der Waals surface area contributed by atoms with E-state index in [0.717, 1.165) is 23.5 Å². The number of imidazole rings is 1. The molecule has 0 atom stereocenters. The van der Waals surface area contributed by atoms with Gasteiger partial charge in [-0.15, -0.1) is 0 Å². The minimum absolute atomic E-state index is 0.0217. The third-order valence-electron chi connectivity index (χ3n) is 3.30. The molecule has 0 fully saturated rings. The Bertz CT molecular complexity index is 573. The number of benzene rings is 1. The van der Waals surface area contributed by atoms with E-state index in [1.54, 1.807) is 19.2 Å². The second-order valence-corrected chi connectivity index (χ2v) is 5.75. The van der Waals surface area contributed by atoms with Crippen LogP contribution >= 0.6 is 0 Å². The predicted octanol–water partition coefficient (Wildman–Crippen LogP) is 3.05. The molecule has 0 saturated heterocycles. The molecule has 2 rings (SSSR count). The SMILES string of the molecule is Cc1cc(-c2cnc(CC(C)(C)CN)[nH]2)ccc1F. The summed E-state index contributed by atoms with van der Waals surface area (Å²) in [5.74, 6) is 0.722. The van der Waals surface area contributed by atoms with E-state index in [0.29, 0.717) is 12.1 Å². The second-order valence-electron chi connectivity index (χ2n) is 5.75. The molecule has 3 N–H and O–H groups in total. The van der Waals surface area contributed by atoms with Crippen LogP contribution in [-0.2, 0) is 6.42 Å². The Hall–Kier alpha value is -1.68. The van der Waals surface area contributed by atoms with Crippen molar-refractivity contribution in [2.45, 2.75) is 27.2 Å². The van der Waals surface area contributed by atoms with Gasteiger partial charge in [-0.2, -0.15) is 0 Å². The zero-order valence-corrected chi connectivity index (χ0v) is 11.6. The third-order valence-corrected chi connectivity index (χ3v) is 3.30. The van der Waals surface area contributed by atoms with Gasteiger partial charge in [-0.25, -0.2) is 9.37 Å². The van der Waals surface area contributed by atoms with Crippen LogP contribution in [0.2, 0.25) is 0 Å². The molecule has 0 aliphatic rings. The van der Waals surface area contributed by atoms with E-state index in [9.17, 15) is 4.39 Å². The average Bonchev–Trinajstić information content (AvgIpc) is 2.80. The van der Waals surface area contributed by atoms with Gasteiger partial charge >= 0.3 is 0 Å². The van der Waals surface area contributed by atoms with Crippen LogP contribution in [0.5, 0.6) is 0 Å². The molecule has 0 radical (unpaired) electrons. The molecule has 0 aliphatic heterocycles. The third kappa shape index (κ3) is 3.20. The number of aryl methyl sites for hydroxylation is 1. The topological polar surface area (TPSA) is 54.7 Å². The molecule has 1 aromatic carbocycles. The Morgan fingerprint density at radius 2 is 2.11 bits per heavy atom. The number of nitrogens with zero attached hydrogens (tertiary/aromatic N) is 1. The summed E-state index contributed by atoms with van der Waals surface area (Å²) in [6.07, 6.45) is 2.58. The minimum Gasteiger partial charge on any atom is -0.342 e. The molecular weight excluding hydrogens is 241 g/mol. The first-order valence-corrected chi connectivity index (χ1v) is 6.42. The van der Waals surface area contributed by atoms with Gasteiger partial charge in [-0.1, -0.05) is 13.8 Å². The summed E-state index contributed by atoms with van der Waals surface area (Å²) in [6, 6.07) is 5.06. The van der Waals surface area contributed by atoms with Gasteiger partial charge in [0.25, 0.3) is 0 Å². The molecule has 4 heteroatoms. The van der Waals surface area contributed by atoms with Crippen LogP contribution in [0.1, 0.15) is 25.2 Å². The van der Waals surface area contributed by atoms with Gasteiger partial charge < -0.3 is 10.7 Å². The standard InChI is InChI=1S/C15H20FN3/c1-10-6-11(4-5-12(10)16)13-8-18-14(19-13)7-15(2,3)9-17/h4-6,8H,7,9,17H2,1-3H3,(H,18,19). The maximum Gasteiger partial charge on any atom is 0.126 e. The van der Waals surface area contributed by atoms with Crippen LogP contribution in [0.3, 0.4) is 0 Å². The van der Waals surface area contributed by atoms with Crippen LogP contribution in [0.4, 0.5) is 4.39 Å². The van der Waals surface area contributed by atoms with Crippen molar-refractivity contribution in [2.24, 2.45) is 11.1 Å². The summed E-state index contributed by atoms with van der Waals surface area (Å²) in [7, 11) is 0. The van der Waals surface area contributed by atoms with Crippen molar-refractivity contribution >= 4 is 0 Å². The van der Waals surface area contributed by atoms with Gasteiger partial charge in [0.05, 0.1) is 11.9 Å². The van der Waals surface area contributed by atoms with Crippen LogP contribution in [0.15, 0.2) is 24.4 Å². The Morgan fingerprint density at radius 3 is 2.74 bits per heavy atom. The Balaban J connectivity index is 2.23. The van der Waals surface area contributed by atoms with Gasteiger partial charge in [0, 0.05) is 12.0 Å². The quantitative estimate of drug-likeness (QED) is 0.888. The smallest absolute Gasteiger partial charge is 0.126 e. The van der Waals surface area contributed by atoms with E-state index in [2.05, 4.69) is 23.8 Å². The molecule has 0 saturated carbocycles. The van der Waals surface area contributed by atoms with Crippen molar-refractivity contribution in [3.8, 4) is 11.3 Å².